The van der Waals surface area contributed by atoms with E-state index in [4.69, 9.17) is 16.3 Å². The predicted octanol–water partition coefficient (Wildman–Crippen LogP) is 4.51. The van der Waals surface area contributed by atoms with Crippen molar-refractivity contribution in [3.8, 4) is 11.4 Å². The third kappa shape index (κ3) is 3.72. The standard InChI is InChI=1S/C21H22ClN3O3S/c1-15-13-24(14-23-15)19-10-9-18(12-20(19)28-2)25-11-3-4-21(29(25,26)27)16-5-7-17(22)8-6-16/h5-10,12-14,21H,3-4,11H2,1-2H3. The Hall–Kier alpha value is -2.51. The summed E-state index contributed by atoms with van der Waals surface area (Å²) in [5.74, 6) is 0.587. The van der Waals surface area contributed by atoms with E-state index in [0.29, 0.717) is 29.4 Å². The number of hydrogen-bond acceptors (Lipinski definition) is 4. The quantitative estimate of drug-likeness (QED) is 0.609. The van der Waals surface area contributed by atoms with E-state index in [-0.39, 0.29) is 0 Å². The van der Waals surface area contributed by atoms with E-state index >= 15 is 0 Å². The van der Waals surface area contributed by atoms with Gasteiger partial charge in [-0.1, -0.05) is 23.7 Å². The fourth-order valence-corrected chi connectivity index (χ4v) is 5.92. The molecule has 3 aromatic rings. The van der Waals surface area contributed by atoms with Crippen molar-refractivity contribution < 1.29 is 13.2 Å². The first-order chi connectivity index (χ1) is 13.9. The lowest BCUT2D eigenvalue weighted by Crippen LogP contribution is -2.39. The minimum Gasteiger partial charge on any atom is -0.494 e. The molecule has 1 aliphatic heterocycles. The topological polar surface area (TPSA) is 64.4 Å². The zero-order valence-electron chi connectivity index (χ0n) is 16.2. The highest BCUT2D eigenvalue weighted by atomic mass is 35.5. The van der Waals surface area contributed by atoms with Gasteiger partial charge in [0.25, 0.3) is 0 Å². The molecule has 2 aromatic carbocycles. The van der Waals surface area contributed by atoms with E-state index in [9.17, 15) is 8.42 Å². The molecule has 29 heavy (non-hydrogen) atoms. The van der Waals surface area contributed by atoms with Gasteiger partial charge in [-0.3, -0.25) is 4.31 Å². The van der Waals surface area contributed by atoms with Gasteiger partial charge in [0.05, 0.1) is 30.5 Å². The van der Waals surface area contributed by atoms with Crippen LogP contribution in [-0.2, 0) is 10.0 Å². The van der Waals surface area contributed by atoms with Crippen LogP contribution in [0.15, 0.2) is 55.0 Å². The molecular weight excluding hydrogens is 410 g/mol. The first-order valence-corrected chi connectivity index (χ1v) is 11.2. The van der Waals surface area contributed by atoms with Gasteiger partial charge in [-0.05, 0) is 49.6 Å². The molecule has 1 fully saturated rings. The van der Waals surface area contributed by atoms with Crippen molar-refractivity contribution >= 4 is 27.3 Å². The summed E-state index contributed by atoms with van der Waals surface area (Å²) in [6, 6.07) is 12.5. The molecule has 0 spiro atoms. The predicted molar refractivity (Wildman–Crippen MR) is 115 cm³/mol. The van der Waals surface area contributed by atoms with Crippen molar-refractivity contribution in [1.82, 2.24) is 9.55 Å². The van der Waals surface area contributed by atoms with Gasteiger partial charge in [0.2, 0.25) is 10.0 Å². The van der Waals surface area contributed by atoms with Crippen LogP contribution in [0.25, 0.3) is 5.69 Å². The number of imidazole rings is 1. The van der Waals surface area contributed by atoms with Gasteiger partial charge in [0.1, 0.15) is 11.0 Å². The Bertz CT molecular complexity index is 1130. The number of aryl methyl sites for hydroxylation is 1. The van der Waals surface area contributed by atoms with E-state index in [1.165, 1.54) is 4.31 Å². The molecule has 1 aliphatic rings. The second-order valence-corrected chi connectivity index (χ2v) is 9.55. The maximum absolute atomic E-state index is 13.4. The average molecular weight is 432 g/mol. The molecule has 1 aromatic heterocycles. The molecule has 6 nitrogen and oxygen atoms in total. The number of aromatic nitrogens is 2. The highest BCUT2D eigenvalue weighted by molar-refractivity contribution is 7.93. The van der Waals surface area contributed by atoms with Crippen LogP contribution in [0, 0.1) is 6.92 Å². The molecule has 1 unspecified atom stereocenters. The first kappa shape index (κ1) is 19.8. The summed E-state index contributed by atoms with van der Waals surface area (Å²) in [6.07, 6.45) is 4.97. The summed E-state index contributed by atoms with van der Waals surface area (Å²) in [6.45, 7) is 2.35. The van der Waals surface area contributed by atoms with Crippen LogP contribution in [0.1, 0.15) is 29.3 Å². The van der Waals surface area contributed by atoms with Crippen LogP contribution in [0.4, 0.5) is 5.69 Å². The van der Waals surface area contributed by atoms with Crippen molar-refractivity contribution in [2.75, 3.05) is 18.0 Å². The van der Waals surface area contributed by atoms with Crippen molar-refractivity contribution in [3.05, 3.63) is 71.3 Å². The zero-order chi connectivity index (χ0) is 20.6. The van der Waals surface area contributed by atoms with E-state index < -0.39 is 15.3 Å². The van der Waals surface area contributed by atoms with Crippen LogP contribution in [0.3, 0.4) is 0 Å². The molecule has 1 atom stereocenters. The minimum atomic E-state index is -3.57. The van der Waals surface area contributed by atoms with Crippen LogP contribution in [0.2, 0.25) is 5.02 Å². The average Bonchev–Trinajstić information content (AvgIpc) is 3.14. The van der Waals surface area contributed by atoms with Crippen molar-refractivity contribution in [3.63, 3.8) is 0 Å². The Labute approximate surface area is 175 Å². The molecule has 0 bridgehead atoms. The van der Waals surface area contributed by atoms with E-state index in [1.54, 1.807) is 43.8 Å². The zero-order valence-corrected chi connectivity index (χ0v) is 17.8. The number of rotatable bonds is 4. The fourth-order valence-electron chi connectivity index (χ4n) is 3.73. The Balaban J connectivity index is 1.71. The van der Waals surface area contributed by atoms with Crippen molar-refractivity contribution in [2.24, 2.45) is 0 Å². The summed E-state index contributed by atoms with van der Waals surface area (Å²) < 4.78 is 35.7. The number of benzene rings is 2. The SMILES string of the molecule is COc1cc(N2CCCC(c3ccc(Cl)cc3)S2(=O)=O)ccc1-n1cnc(C)c1. The molecular formula is C21H22ClN3O3S. The second kappa shape index (κ2) is 7.72. The number of sulfonamides is 1. The lowest BCUT2D eigenvalue weighted by atomic mass is 10.1. The normalized spacial score (nSPS) is 18.6. The lowest BCUT2D eigenvalue weighted by molar-refractivity contribution is 0.413. The van der Waals surface area contributed by atoms with Gasteiger partial charge < -0.3 is 9.30 Å². The molecule has 1 saturated heterocycles. The van der Waals surface area contributed by atoms with Crippen LogP contribution in [0.5, 0.6) is 5.75 Å². The number of halogens is 1. The van der Waals surface area contributed by atoms with Crippen LogP contribution in [-0.4, -0.2) is 31.6 Å². The number of anilines is 1. The van der Waals surface area contributed by atoms with Crippen LogP contribution < -0.4 is 9.04 Å². The first-order valence-electron chi connectivity index (χ1n) is 9.36. The van der Waals surface area contributed by atoms with E-state index in [1.807, 2.05) is 29.8 Å². The fraction of sp³-hybridized carbons (Fsp3) is 0.286. The highest BCUT2D eigenvalue weighted by Crippen LogP contribution is 2.39. The second-order valence-electron chi connectivity index (χ2n) is 7.08. The summed E-state index contributed by atoms with van der Waals surface area (Å²) in [5.41, 5.74) is 3.05. The molecule has 152 valence electrons. The molecule has 0 aliphatic carbocycles. The Kier molecular flexibility index (Phi) is 5.27. The van der Waals surface area contributed by atoms with Crippen LogP contribution >= 0.6 is 11.6 Å². The van der Waals surface area contributed by atoms with Gasteiger partial charge in [0.15, 0.2) is 0 Å². The van der Waals surface area contributed by atoms with Crippen molar-refractivity contribution in [1.29, 1.82) is 0 Å². The van der Waals surface area contributed by atoms with Gasteiger partial charge in [-0.25, -0.2) is 13.4 Å². The van der Waals surface area contributed by atoms with Gasteiger partial charge in [0, 0.05) is 23.8 Å². The molecule has 2 heterocycles. The molecule has 0 amide bonds. The monoisotopic (exact) mass is 431 g/mol. The van der Waals surface area contributed by atoms with Crippen molar-refractivity contribution in [2.45, 2.75) is 25.0 Å². The van der Waals surface area contributed by atoms with Gasteiger partial charge >= 0.3 is 0 Å². The third-order valence-corrected chi connectivity index (χ3v) is 7.66. The highest BCUT2D eigenvalue weighted by Gasteiger charge is 2.37. The lowest BCUT2D eigenvalue weighted by Gasteiger charge is -2.34. The Morgan fingerprint density at radius 1 is 1.17 bits per heavy atom. The smallest absolute Gasteiger partial charge is 0.242 e. The van der Waals surface area contributed by atoms with Gasteiger partial charge in [-0.2, -0.15) is 0 Å². The molecule has 0 saturated carbocycles. The number of ether oxygens (including phenoxy) is 1. The molecule has 0 radical (unpaired) electrons. The van der Waals surface area contributed by atoms with E-state index in [0.717, 1.165) is 23.4 Å². The van der Waals surface area contributed by atoms with E-state index in [2.05, 4.69) is 4.98 Å². The summed E-state index contributed by atoms with van der Waals surface area (Å²) in [7, 11) is -1.99. The maximum atomic E-state index is 13.4. The summed E-state index contributed by atoms with van der Waals surface area (Å²) in [5, 5.41) is 0.00404. The Morgan fingerprint density at radius 2 is 1.93 bits per heavy atom. The Morgan fingerprint density at radius 3 is 2.59 bits per heavy atom. The molecule has 4 rings (SSSR count). The molecule has 8 heteroatoms. The minimum absolute atomic E-state index is 0.444. The van der Waals surface area contributed by atoms with Gasteiger partial charge in [-0.15, -0.1) is 0 Å². The largest absolute Gasteiger partial charge is 0.494 e. The summed E-state index contributed by atoms with van der Waals surface area (Å²) in [4.78, 5) is 4.25. The number of nitrogens with zero attached hydrogens (tertiary/aromatic N) is 3. The molecule has 0 N–H and O–H groups in total. The number of methoxy groups -OCH3 is 1. The maximum Gasteiger partial charge on any atom is 0.242 e. The number of hydrogen-bond donors (Lipinski definition) is 0. The summed E-state index contributed by atoms with van der Waals surface area (Å²) >= 11 is 5.97. The third-order valence-electron chi connectivity index (χ3n) is 5.18.